The lowest BCUT2D eigenvalue weighted by Gasteiger charge is -2.24. The molecule has 1 aromatic carbocycles. The summed E-state index contributed by atoms with van der Waals surface area (Å²) in [6.45, 7) is 11.0. The molecule has 0 saturated carbocycles. The SMILES string of the molecule is C=C(C(CNC)=NC)C(C)C.O=Cc1cccc2oc(N3CCCCC3)nc12. The number of aliphatic imine (C=N–C) groups is 1. The van der Waals surface area contributed by atoms with Crippen molar-refractivity contribution in [3.63, 3.8) is 0 Å². The number of oxazole rings is 1. The van der Waals surface area contributed by atoms with Crippen LogP contribution in [-0.2, 0) is 0 Å². The number of carbonyl (C=O) groups excluding carboxylic acids is 1. The second-order valence-corrected chi connectivity index (χ2v) is 7.24. The molecule has 1 fully saturated rings. The maximum Gasteiger partial charge on any atom is 0.298 e. The molecule has 0 amide bonds. The molecular weight excluding hydrogens is 352 g/mol. The van der Waals surface area contributed by atoms with E-state index in [-0.39, 0.29) is 0 Å². The lowest BCUT2D eigenvalue weighted by atomic mass is 10.0. The predicted molar refractivity (Wildman–Crippen MR) is 117 cm³/mol. The van der Waals surface area contributed by atoms with Crippen LogP contribution < -0.4 is 10.2 Å². The molecular formula is C22H32N4O2. The highest BCUT2D eigenvalue weighted by Crippen LogP contribution is 2.25. The van der Waals surface area contributed by atoms with Crippen LogP contribution in [0.4, 0.5) is 6.01 Å². The highest BCUT2D eigenvalue weighted by molar-refractivity contribution is 6.01. The van der Waals surface area contributed by atoms with E-state index in [1.54, 1.807) is 13.1 Å². The summed E-state index contributed by atoms with van der Waals surface area (Å²) < 4.78 is 5.71. The van der Waals surface area contributed by atoms with Crippen molar-refractivity contribution in [1.29, 1.82) is 0 Å². The Morgan fingerprint density at radius 2 is 2.07 bits per heavy atom. The third-order valence-corrected chi connectivity index (χ3v) is 4.87. The Morgan fingerprint density at radius 3 is 2.64 bits per heavy atom. The third kappa shape index (κ3) is 5.52. The van der Waals surface area contributed by atoms with Gasteiger partial charge >= 0.3 is 0 Å². The summed E-state index contributed by atoms with van der Waals surface area (Å²) in [5, 5.41) is 3.06. The van der Waals surface area contributed by atoms with Crippen molar-refractivity contribution in [3.05, 3.63) is 35.9 Å². The quantitative estimate of drug-likeness (QED) is 0.599. The molecule has 28 heavy (non-hydrogen) atoms. The van der Waals surface area contributed by atoms with Gasteiger partial charge in [-0.05, 0) is 49.9 Å². The fraction of sp³-hybridized carbons (Fsp3) is 0.500. The van der Waals surface area contributed by atoms with Crippen LogP contribution in [0.2, 0.25) is 0 Å². The van der Waals surface area contributed by atoms with Crippen molar-refractivity contribution in [2.45, 2.75) is 33.1 Å². The van der Waals surface area contributed by atoms with Gasteiger partial charge in [-0.15, -0.1) is 0 Å². The van der Waals surface area contributed by atoms with Gasteiger partial charge < -0.3 is 14.6 Å². The number of hydrogen-bond donors (Lipinski definition) is 1. The molecule has 0 bridgehead atoms. The Morgan fingerprint density at radius 1 is 1.36 bits per heavy atom. The summed E-state index contributed by atoms with van der Waals surface area (Å²) in [7, 11) is 3.72. The van der Waals surface area contributed by atoms with Crippen LogP contribution in [-0.4, -0.2) is 50.7 Å². The molecule has 2 heterocycles. The first kappa shape index (κ1) is 21.8. The first-order valence-corrected chi connectivity index (χ1v) is 9.90. The molecule has 2 aromatic rings. The Balaban J connectivity index is 0.000000224. The average molecular weight is 385 g/mol. The van der Waals surface area contributed by atoms with Crippen LogP contribution >= 0.6 is 0 Å². The monoisotopic (exact) mass is 384 g/mol. The Kier molecular flexibility index (Phi) is 8.39. The summed E-state index contributed by atoms with van der Waals surface area (Å²) in [6.07, 6.45) is 4.46. The minimum absolute atomic E-state index is 0.488. The van der Waals surface area contributed by atoms with Gasteiger partial charge in [-0.1, -0.05) is 26.5 Å². The number of carbonyl (C=O) groups is 1. The Labute approximate surface area is 167 Å². The van der Waals surface area contributed by atoms with Gasteiger partial charge in [-0.25, -0.2) is 0 Å². The van der Waals surface area contributed by atoms with Crippen LogP contribution in [0.15, 0.2) is 39.8 Å². The van der Waals surface area contributed by atoms with Gasteiger partial charge in [0.1, 0.15) is 5.52 Å². The molecule has 1 saturated heterocycles. The number of hydrogen-bond acceptors (Lipinski definition) is 6. The van der Waals surface area contributed by atoms with Crippen molar-refractivity contribution < 1.29 is 9.21 Å². The summed E-state index contributed by atoms with van der Waals surface area (Å²) in [4.78, 5) is 21.7. The molecule has 1 aliphatic rings. The molecule has 0 spiro atoms. The molecule has 3 rings (SSSR count). The lowest BCUT2D eigenvalue weighted by Crippen LogP contribution is -2.29. The summed E-state index contributed by atoms with van der Waals surface area (Å²) in [5.41, 5.74) is 4.15. The molecule has 0 radical (unpaired) electrons. The Hall–Kier alpha value is -2.47. The van der Waals surface area contributed by atoms with E-state index in [1.807, 2.05) is 19.2 Å². The molecule has 1 N–H and O–H groups in total. The number of para-hydroxylation sites is 1. The molecule has 6 heteroatoms. The van der Waals surface area contributed by atoms with Gasteiger partial charge in [0.15, 0.2) is 11.9 Å². The fourth-order valence-corrected chi connectivity index (χ4v) is 3.11. The van der Waals surface area contributed by atoms with E-state index in [4.69, 9.17) is 4.42 Å². The van der Waals surface area contributed by atoms with Gasteiger partial charge in [0.25, 0.3) is 6.01 Å². The van der Waals surface area contributed by atoms with E-state index in [9.17, 15) is 4.79 Å². The van der Waals surface area contributed by atoms with Crippen LogP contribution in [0, 0.1) is 5.92 Å². The van der Waals surface area contributed by atoms with Gasteiger partial charge in [0.2, 0.25) is 0 Å². The first-order chi connectivity index (χ1) is 13.5. The molecule has 1 aliphatic heterocycles. The van der Waals surface area contributed by atoms with Crippen LogP contribution in [0.3, 0.4) is 0 Å². The zero-order valence-corrected chi connectivity index (χ0v) is 17.5. The molecule has 1 aromatic heterocycles. The topological polar surface area (TPSA) is 70.7 Å². The number of rotatable bonds is 6. The van der Waals surface area contributed by atoms with Crippen molar-refractivity contribution in [3.8, 4) is 0 Å². The van der Waals surface area contributed by atoms with E-state index in [0.29, 0.717) is 28.6 Å². The number of aldehydes is 1. The second-order valence-electron chi connectivity index (χ2n) is 7.24. The van der Waals surface area contributed by atoms with Gasteiger partial charge in [-0.3, -0.25) is 9.79 Å². The number of fused-ring (bicyclic) bond motifs is 1. The number of nitrogens with one attached hydrogen (secondary N) is 1. The summed E-state index contributed by atoms with van der Waals surface area (Å²) in [5.74, 6) is 0.488. The van der Waals surface area contributed by atoms with E-state index in [2.05, 4.69) is 40.6 Å². The summed E-state index contributed by atoms with van der Waals surface area (Å²) >= 11 is 0. The van der Waals surface area contributed by atoms with Gasteiger partial charge in [0.05, 0.1) is 5.71 Å². The zero-order chi connectivity index (χ0) is 20.5. The number of anilines is 1. The van der Waals surface area contributed by atoms with Crippen LogP contribution in [0.1, 0.15) is 43.5 Å². The molecule has 0 unspecified atom stereocenters. The van der Waals surface area contributed by atoms with Crippen molar-refractivity contribution in [2.75, 3.05) is 38.6 Å². The lowest BCUT2D eigenvalue weighted by molar-refractivity contribution is 0.112. The highest BCUT2D eigenvalue weighted by atomic mass is 16.4. The number of benzene rings is 1. The van der Waals surface area contributed by atoms with Gasteiger partial charge in [0, 0.05) is 32.2 Å². The normalized spacial score (nSPS) is 14.8. The van der Waals surface area contributed by atoms with Gasteiger partial charge in [-0.2, -0.15) is 4.98 Å². The van der Waals surface area contributed by atoms with Crippen molar-refractivity contribution >= 4 is 29.1 Å². The number of nitrogens with zero attached hydrogens (tertiary/aromatic N) is 3. The molecule has 6 nitrogen and oxygen atoms in total. The van der Waals surface area contributed by atoms with Crippen LogP contribution in [0.25, 0.3) is 11.1 Å². The maximum atomic E-state index is 10.9. The minimum atomic E-state index is 0.488. The van der Waals surface area contributed by atoms with E-state index in [1.165, 1.54) is 19.3 Å². The predicted octanol–water partition coefficient (Wildman–Crippen LogP) is 4.12. The van der Waals surface area contributed by atoms with Crippen molar-refractivity contribution in [1.82, 2.24) is 10.3 Å². The number of piperidine rings is 1. The van der Waals surface area contributed by atoms with E-state index in [0.717, 1.165) is 37.2 Å². The molecule has 0 atom stereocenters. The standard InChI is InChI=1S/C13H14N2O2.C9H18N2/c16-9-10-5-4-6-11-12(10)14-13(17-11)15-7-2-1-3-8-15;1-7(2)8(3)9(11-5)6-10-4/h4-6,9H,1-3,7-8H2;7,10H,3,6H2,1-2,4-5H3. The average Bonchev–Trinajstić information content (AvgIpc) is 3.17. The second kappa shape index (κ2) is 10.8. The first-order valence-electron chi connectivity index (χ1n) is 9.90. The highest BCUT2D eigenvalue weighted by Gasteiger charge is 2.17. The maximum absolute atomic E-state index is 10.9. The number of aromatic nitrogens is 1. The third-order valence-electron chi connectivity index (χ3n) is 4.87. The van der Waals surface area contributed by atoms with Crippen LogP contribution in [0.5, 0.6) is 0 Å². The van der Waals surface area contributed by atoms with Crippen molar-refractivity contribution in [2.24, 2.45) is 10.9 Å². The summed E-state index contributed by atoms with van der Waals surface area (Å²) in [6, 6.07) is 6.08. The zero-order valence-electron chi connectivity index (χ0n) is 17.5. The largest absolute Gasteiger partial charge is 0.423 e. The molecule has 152 valence electrons. The van der Waals surface area contributed by atoms with E-state index < -0.39 is 0 Å². The fourth-order valence-electron chi connectivity index (χ4n) is 3.11. The minimum Gasteiger partial charge on any atom is -0.423 e. The Bertz CT molecular complexity index is 817. The molecule has 0 aliphatic carbocycles. The van der Waals surface area contributed by atoms with E-state index >= 15 is 0 Å². The smallest absolute Gasteiger partial charge is 0.298 e.